The topological polar surface area (TPSA) is 237 Å². The number of unbranched alkanes of at least 4 members (excludes halogenated alkanes) is 42. The number of rotatable bonds is 72. The van der Waals surface area contributed by atoms with Gasteiger partial charge in [0.2, 0.25) is 0 Å². The number of ether oxygens (including phenoxy) is 4. The van der Waals surface area contributed by atoms with Crippen molar-refractivity contribution in [1.82, 2.24) is 0 Å². The number of esters is 4. The summed E-state index contributed by atoms with van der Waals surface area (Å²) < 4.78 is 68.4. The van der Waals surface area contributed by atoms with E-state index in [4.69, 9.17) is 37.0 Å². The molecule has 17 nitrogen and oxygen atoms in total. The number of carbonyl (C=O) groups excluding carboxylic acids is 4. The maximum atomic E-state index is 13.1. The Morgan fingerprint density at radius 1 is 0.293 bits per heavy atom. The van der Waals surface area contributed by atoms with Crippen LogP contribution in [0.5, 0.6) is 0 Å². The molecule has 0 aliphatic rings. The van der Waals surface area contributed by atoms with Crippen LogP contribution >= 0.6 is 15.6 Å². The van der Waals surface area contributed by atoms with Crippen LogP contribution in [0.2, 0.25) is 0 Å². The van der Waals surface area contributed by atoms with Crippen LogP contribution in [0.25, 0.3) is 0 Å². The first-order valence-corrected chi connectivity index (χ1v) is 41.0. The van der Waals surface area contributed by atoms with Gasteiger partial charge in [0.05, 0.1) is 26.4 Å². The minimum absolute atomic E-state index is 0.106. The first-order valence-electron chi connectivity index (χ1n) is 38.0. The van der Waals surface area contributed by atoms with Gasteiger partial charge in [0.1, 0.15) is 19.3 Å². The number of aliphatic hydroxyl groups excluding tert-OH is 1. The van der Waals surface area contributed by atoms with Crippen LogP contribution in [0.1, 0.15) is 375 Å². The van der Waals surface area contributed by atoms with Crippen molar-refractivity contribution in [3.63, 3.8) is 0 Å². The highest BCUT2D eigenvalue weighted by Crippen LogP contribution is 2.45. The van der Waals surface area contributed by atoms with Gasteiger partial charge in [0.25, 0.3) is 0 Å². The number of hydrogen-bond acceptors (Lipinski definition) is 15. The second kappa shape index (κ2) is 65.0. The van der Waals surface area contributed by atoms with Crippen LogP contribution in [-0.2, 0) is 65.4 Å². The number of phosphoric ester groups is 2. The first kappa shape index (κ1) is 90.1. The molecule has 546 valence electrons. The lowest BCUT2D eigenvalue weighted by Crippen LogP contribution is -2.30. The Kier molecular flexibility index (Phi) is 63.7. The van der Waals surface area contributed by atoms with E-state index in [0.29, 0.717) is 25.7 Å². The van der Waals surface area contributed by atoms with E-state index < -0.39 is 97.5 Å². The van der Waals surface area contributed by atoms with Gasteiger partial charge in [-0.3, -0.25) is 37.3 Å². The van der Waals surface area contributed by atoms with Gasteiger partial charge in [-0.25, -0.2) is 9.13 Å². The normalized spacial score (nSPS) is 14.1. The van der Waals surface area contributed by atoms with E-state index in [2.05, 4.69) is 41.5 Å². The number of carbonyl (C=O) groups is 4. The highest BCUT2D eigenvalue weighted by molar-refractivity contribution is 7.47. The molecule has 92 heavy (non-hydrogen) atoms. The summed E-state index contributed by atoms with van der Waals surface area (Å²) in [6.07, 6.45) is 51.3. The van der Waals surface area contributed by atoms with E-state index in [1.54, 1.807) is 0 Å². The third kappa shape index (κ3) is 66.7. The van der Waals surface area contributed by atoms with Crippen LogP contribution in [-0.4, -0.2) is 96.7 Å². The maximum Gasteiger partial charge on any atom is 0.472 e. The fraction of sp³-hybridized carbons (Fsp3) is 0.945. The van der Waals surface area contributed by atoms with Crippen LogP contribution < -0.4 is 0 Å². The second-order valence-electron chi connectivity index (χ2n) is 27.3. The second-order valence-corrected chi connectivity index (χ2v) is 30.2. The zero-order chi connectivity index (χ0) is 67.9. The Morgan fingerprint density at radius 2 is 0.500 bits per heavy atom. The molecule has 19 heteroatoms. The van der Waals surface area contributed by atoms with Crippen molar-refractivity contribution in [1.29, 1.82) is 0 Å². The SMILES string of the molecule is CCCCCCCCCCCCCCCCCCC(=O)O[C@H](COC(=O)CCCCCCCCCCCCCC(C)C)COP(=O)(O)OC[C@@H](O)COP(=O)(O)OC[C@@H](COC(=O)CCCCCCCCCC)OC(=O)CCCCCCCCCCCCCC(C)C. The molecule has 0 amide bonds. The molecule has 2 unspecified atom stereocenters. The van der Waals surface area contributed by atoms with Crippen molar-refractivity contribution in [3.8, 4) is 0 Å². The van der Waals surface area contributed by atoms with Gasteiger partial charge >= 0.3 is 39.5 Å². The predicted molar refractivity (Wildman–Crippen MR) is 372 cm³/mol. The average molecular weight is 1350 g/mol. The molecule has 0 radical (unpaired) electrons. The van der Waals surface area contributed by atoms with Crippen molar-refractivity contribution in [2.45, 2.75) is 394 Å². The smallest absolute Gasteiger partial charge is 0.462 e. The molecule has 5 atom stereocenters. The summed E-state index contributed by atoms with van der Waals surface area (Å²) in [6.45, 7) is 9.56. The molecule has 0 bridgehead atoms. The van der Waals surface area contributed by atoms with Gasteiger partial charge in [-0.15, -0.1) is 0 Å². The van der Waals surface area contributed by atoms with Crippen LogP contribution in [0.3, 0.4) is 0 Å². The number of phosphoric acid groups is 2. The molecular weight excluding hydrogens is 1210 g/mol. The fourth-order valence-corrected chi connectivity index (χ4v) is 12.7. The van der Waals surface area contributed by atoms with E-state index in [0.717, 1.165) is 108 Å². The van der Waals surface area contributed by atoms with E-state index in [9.17, 15) is 43.2 Å². The molecule has 0 fully saturated rings. The summed E-state index contributed by atoms with van der Waals surface area (Å²) in [4.78, 5) is 72.6. The minimum Gasteiger partial charge on any atom is -0.462 e. The molecule has 0 aromatic carbocycles. The van der Waals surface area contributed by atoms with Gasteiger partial charge in [0.15, 0.2) is 12.2 Å². The molecule has 3 N–H and O–H groups in total. The molecule has 0 aromatic rings. The quantitative estimate of drug-likeness (QED) is 0.0222. The molecule has 0 saturated carbocycles. The van der Waals surface area contributed by atoms with Crippen molar-refractivity contribution < 1.29 is 80.2 Å². The monoisotopic (exact) mass is 1350 g/mol. The molecular formula is C73H142O17P2. The largest absolute Gasteiger partial charge is 0.472 e. The van der Waals surface area contributed by atoms with Crippen LogP contribution in [0.4, 0.5) is 0 Å². The standard InChI is InChI=1S/C73H142O17P2/c1-7-9-11-13-15-17-18-19-20-21-22-27-33-39-45-51-57-72(77)90-69(62-84-71(76)56-50-44-38-32-28-23-25-30-35-41-47-53-65(3)4)64-88-92(81,82)86-60-67(74)59-85-91(79,80)87-63-68(61-83-70(75)55-49-43-37-16-14-12-10-8-2)89-73(78)58-52-46-40-34-29-24-26-31-36-42-48-54-66(5)6/h65-69,74H,7-64H2,1-6H3,(H,79,80)(H,81,82)/t67-,68+,69+/m0/s1. The Bertz CT molecular complexity index is 1790. The van der Waals surface area contributed by atoms with Gasteiger partial charge in [-0.2, -0.15) is 0 Å². The van der Waals surface area contributed by atoms with Crippen molar-refractivity contribution in [3.05, 3.63) is 0 Å². The number of hydrogen-bond donors (Lipinski definition) is 3. The van der Waals surface area contributed by atoms with Gasteiger partial charge < -0.3 is 33.8 Å². The lowest BCUT2D eigenvalue weighted by Gasteiger charge is -2.21. The van der Waals surface area contributed by atoms with Crippen LogP contribution in [0.15, 0.2) is 0 Å². The van der Waals surface area contributed by atoms with Crippen molar-refractivity contribution in [2.24, 2.45) is 11.8 Å². The maximum absolute atomic E-state index is 13.1. The third-order valence-corrected chi connectivity index (χ3v) is 18.9. The van der Waals surface area contributed by atoms with E-state index in [1.807, 2.05) is 0 Å². The van der Waals surface area contributed by atoms with Gasteiger partial charge in [0, 0.05) is 25.7 Å². The van der Waals surface area contributed by atoms with E-state index in [1.165, 1.54) is 186 Å². The Morgan fingerprint density at radius 3 is 0.739 bits per heavy atom. The Labute approximate surface area is 562 Å². The van der Waals surface area contributed by atoms with Crippen LogP contribution in [0, 0.1) is 11.8 Å². The van der Waals surface area contributed by atoms with Gasteiger partial charge in [-0.1, -0.05) is 324 Å². The lowest BCUT2D eigenvalue weighted by molar-refractivity contribution is -0.161. The molecule has 0 aliphatic heterocycles. The van der Waals surface area contributed by atoms with Gasteiger partial charge in [-0.05, 0) is 37.5 Å². The van der Waals surface area contributed by atoms with Crippen molar-refractivity contribution in [2.75, 3.05) is 39.6 Å². The first-order chi connectivity index (χ1) is 44.4. The summed E-state index contributed by atoms with van der Waals surface area (Å²) >= 11 is 0. The lowest BCUT2D eigenvalue weighted by atomic mass is 10.0. The minimum atomic E-state index is -4.95. The summed E-state index contributed by atoms with van der Waals surface area (Å²) in [5.74, 6) is -0.584. The summed E-state index contributed by atoms with van der Waals surface area (Å²) in [5.41, 5.74) is 0. The summed E-state index contributed by atoms with van der Waals surface area (Å²) in [7, 11) is -9.90. The summed E-state index contributed by atoms with van der Waals surface area (Å²) in [5, 5.41) is 10.6. The third-order valence-electron chi connectivity index (χ3n) is 17.0. The highest BCUT2D eigenvalue weighted by atomic mass is 31.2. The molecule has 0 saturated heterocycles. The summed E-state index contributed by atoms with van der Waals surface area (Å²) in [6, 6.07) is 0. The zero-order valence-electron chi connectivity index (χ0n) is 59.9. The highest BCUT2D eigenvalue weighted by Gasteiger charge is 2.30. The zero-order valence-corrected chi connectivity index (χ0v) is 61.6. The number of aliphatic hydroxyl groups is 1. The predicted octanol–water partition coefficient (Wildman–Crippen LogP) is 21.2. The molecule has 0 aromatic heterocycles. The Balaban J connectivity index is 5.22. The fourth-order valence-electron chi connectivity index (χ4n) is 11.1. The molecule has 0 rings (SSSR count). The molecule has 0 spiro atoms. The Hall–Kier alpha value is -1.94. The molecule has 0 aliphatic carbocycles. The average Bonchev–Trinajstić information content (AvgIpc) is 1.50. The van der Waals surface area contributed by atoms with Crippen molar-refractivity contribution >= 4 is 39.5 Å². The van der Waals surface area contributed by atoms with E-state index >= 15 is 0 Å². The molecule has 0 heterocycles. The van der Waals surface area contributed by atoms with E-state index in [-0.39, 0.29) is 25.7 Å².